The van der Waals surface area contributed by atoms with Crippen molar-refractivity contribution in [1.82, 2.24) is 10.1 Å². The molecule has 1 fully saturated rings. The lowest BCUT2D eigenvalue weighted by Gasteiger charge is -2.00. The summed E-state index contributed by atoms with van der Waals surface area (Å²) in [5, 5.41) is 4.14. The lowest BCUT2D eigenvalue weighted by Crippen LogP contribution is -2.05. The molecule has 0 atom stereocenters. The number of benzene rings is 1. The van der Waals surface area contributed by atoms with Crippen LogP contribution in [0.5, 0.6) is 0 Å². The Hall–Kier alpha value is -1.75. The van der Waals surface area contributed by atoms with Gasteiger partial charge in [-0.3, -0.25) is 4.79 Å². The van der Waals surface area contributed by atoms with E-state index >= 15 is 0 Å². The summed E-state index contributed by atoms with van der Waals surface area (Å²) in [6, 6.07) is 4.16. The average Bonchev–Trinajstić information content (AvgIpc) is 3.16. The number of hydrogen-bond acceptors (Lipinski definition) is 4. The molecular formula is C14H12ClFN2O2. The first-order chi connectivity index (χ1) is 9.61. The highest BCUT2D eigenvalue weighted by molar-refractivity contribution is 6.31. The van der Waals surface area contributed by atoms with E-state index in [4.69, 9.17) is 16.1 Å². The predicted molar refractivity (Wildman–Crippen MR) is 69.9 cm³/mol. The average molecular weight is 295 g/mol. The number of nitrogens with zero attached hydrogens (tertiary/aromatic N) is 2. The molecule has 1 heterocycles. The fraction of sp³-hybridized carbons (Fsp3) is 0.357. The molecule has 0 spiro atoms. The lowest BCUT2D eigenvalue weighted by molar-refractivity contribution is -0.119. The summed E-state index contributed by atoms with van der Waals surface area (Å²) in [4.78, 5) is 15.8. The van der Waals surface area contributed by atoms with E-state index in [0.717, 1.165) is 12.8 Å². The van der Waals surface area contributed by atoms with E-state index in [1.807, 2.05) is 0 Å². The monoisotopic (exact) mass is 294 g/mol. The number of hydrogen-bond donors (Lipinski definition) is 0. The Morgan fingerprint density at radius 3 is 2.95 bits per heavy atom. The molecule has 104 valence electrons. The maximum Gasteiger partial charge on any atom is 0.234 e. The molecule has 0 amide bonds. The highest BCUT2D eigenvalue weighted by Crippen LogP contribution is 2.30. The van der Waals surface area contributed by atoms with Gasteiger partial charge < -0.3 is 4.52 Å². The van der Waals surface area contributed by atoms with Crippen molar-refractivity contribution in [3.05, 3.63) is 46.3 Å². The highest BCUT2D eigenvalue weighted by atomic mass is 35.5. The first kappa shape index (κ1) is 13.2. The van der Waals surface area contributed by atoms with Gasteiger partial charge in [-0.05, 0) is 30.5 Å². The maximum atomic E-state index is 12.9. The van der Waals surface area contributed by atoms with Crippen molar-refractivity contribution < 1.29 is 13.7 Å². The van der Waals surface area contributed by atoms with Crippen LogP contribution in [0.4, 0.5) is 4.39 Å². The lowest BCUT2D eigenvalue weighted by atomic mass is 10.1. The van der Waals surface area contributed by atoms with Crippen LogP contribution in [-0.4, -0.2) is 15.9 Å². The minimum absolute atomic E-state index is 0.153. The van der Waals surface area contributed by atoms with Crippen molar-refractivity contribution >= 4 is 17.4 Å². The van der Waals surface area contributed by atoms with E-state index in [0.29, 0.717) is 28.7 Å². The largest absolute Gasteiger partial charge is 0.339 e. The van der Waals surface area contributed by atoms with Crippen LogP contribution in [0.15, 0.2) is 22.7 Å². The molecule has 0 saturated heterocycles. The van der Waals surface area contributed by atoms with Gasteiger partial charge in [-0.15, -0.1) is 0 Å². The second-order valence-corrected chi connectivity index (χ2v) is 5.34. The van der Waals surface area contributed by atoms with Crippen LogP contribution in [-0.2, 0) is 17.6 Å². The standard InChI is InChI=1S/C14H12ClFN2O2/c15-11-6-10(16)4-3-9(11)5-13-17-14(20-18-13)7-12(19)8-1-2-8/h3-4,6,8H,1-2,5,7H2. The van der Waals surface area contributed by atoms with Gasteiger partial charge in [-0.1, -0.05) is 22.8 Å². The van der Waals surface area contributed by atoms with E-state index in [9.17, 15) is 9.18 Å². The zero-order valence-corrected chi connectivity index (χ0v) is 11.4. The van der Waals surface area contributed by atoms with E-state index in [1.165, 1.54) is 12.1 Å². The highest BCUT2D eigenvalue weighted by Gasteiger charge is 2.30. The van der Waals surface area contributed by atoms with Gasteiger partial charge in [0, 0.05) is 17.4 Å². The number of rotatable bonds is 5. The molecule has 1 aromatic carbocycles. The SMILES string of the molecule is O=C(Cc1nc(Cc2ccc(F)cc2Cl)no1)C1CC1. The summed E-state index contributed by atoms with van der Waals surface area (Å²) in [5.74, 6) is 0.715. The third-order valence-corrected chi connectivity index (χ3v) is 3.58. The molecule has 1 saturated carbocycles. The van der Waals surface area contributed by atoms with Gasteiger partial charge in [0.25, 0.3) is 0 Å². The molecular weight excluding hydrogens is 283 g/mol. The van der Waals surface area contributed by atoms with E-state index < -0.39 is 0 Å². The fourth-order valence-corrected chi connectivity index (χ4v) is 2.20. The third kappa shape index (κ3) is 3.04. The van der Waals surface area contributed by atoms with Crippen LogP contribution >= 0.6 is 11.6 Å². The van der Waals surface area contributed by atoms with Gasteiger partial charge in [0.2, 0.25) is 5.89 Å². The second kappa shape index (κ2) is 5.32. The Balaban J connectivity index is 1.68. The van der Waals surface area contributed by atoms with Gasteiger partial charge in [0.15, 0.2) is 5.82 Å². The fourth-order valence-electron chi connectivity index (χ4n) is 1.97. The topological polar surface area (TPSA) is 56.0 Å². The van der Waals surface area contributed by atoms with Crippen LogP contribution in [0.3, 0.4) is 0 Å². The van der Waals surface area contributed by atoms with Crippen LogP contribution in [0, 0.1) is 11.7 Å². The van der Waals surface area contributed by atoms with Gasteiger partial charge in [0.05, 0.1) is 6.42 Å². The molecule has 0 aliphatic heterocycles. The molecule has 0 bridgehead atoms. The van der Waals surface area contributed by atoms with E-state index in [-0.39, 0.29) is 23.9 Å². The van der Waals surface area contributed by atoms with Crippen molar-refractivity contribution in [3.8, 4) is 0 Å². The number of aromatic nitrogens is 2. The second-order valence-electron chi connectivity index (χ2n) is 4.93. The van der Waals surface area contributed by atoms with Gasteiger partial charge in [-0.2, -0.15) is 4.98 Å². The number of halogens is 2. The molecule has 2 aromatic rings. The Morgan fingerprint density at radius 2 is 2.25 bits per heavy atom. The Morgan fingerprint density at radius 1 is 1.45 bits per heavy atom. The minimum Gasteiger partial charge on any atom is -0.339 e. The van der Waals surface area contributed by atoms with Gasteiger partial charge in [0.1, 0.15) is 11.6 Å². The summed E-state index contributed by atoms with van der Waals surface area (Å²) in [7, 11) is 0. The minimum atomic E-state index is -0.386. The molecule has 6 heteroatoms. The molecule has 3 rings (SSSR count). The molecule has 1 aromatic heterocycles. The Bertz CT molecular complexity index is 652. The van der Waals surface area contributed by atoms with Gasteiger partial charge in [-0.25, -0.2) is 4.39 Å². The Labute approximate surface area is 119 Å². The molecule has 1 aliphatic rings. The van der Waals surface area contributed by atoms with E-state index in [2.05, 4.69) is 10.1 Å². The van der Waals surface area contributed by atoms with E-state index in [1.54, 1.807) is 6.07 Å². The van der Waals surface area contributed by atoms with Crippen LogP contribution in [0.25, 0.3) is 0 Å². The van der Waals surface area contributed by atoms with Crippen molar-refractivity contribution in [2.45, 2.75) is 25.7 Å². The number of carbonyl (C=O) groups is 1. The smallest absolute Gasteiger partial charge is 0.234 e. The van der Waals surface area contributed by atoms with Crippen LogP contribution < -0.4 is 0 Å². The summed E-state index contributed by atoms with van der Waals surface area (Å²) in [6.45, 7) is 0. The zero-order valence-electron chi connectivity index (χ0n) is 10.6. The number of carbonyl (C=O) groups excluding carboxylic acids is 1. The van der Waals surface area contributed by atoms with Crippen molar-refractivity contribution in [2.75, 3.05) is 0 Å². The molecule has 0 N–H and O–H groups in total. The summed E-state index contributed by atoms with van der Waals surface area (Å²) in [6.07, 6.45) is 2.46. The molecule has 0 radical (unpaired) electrons. The molecule has 4 nitrogen and oxygen atoms in total. The van der Waals surface area contributed by atoms with Crippen molar-refractivity contribution in [2.24, 2.45) is 5.92 Å². The third-order valence-electron chi connectivity index (χ3n) is 3.23. The van der Waals surface area contributed by atoms with Crippen LogP contribution in [0.1, 0.15) is 30.1 Å². The molecule has 0 unspecified atom stereocenters. The van der Waals surface area contributed by atoms with Crippen molar-refractivity contribution in [3.63, 3.8) is 0 Å². The Kier molecular flexibility index (Phi) is 3.53. The summed E-state index contributed by atoms with van der Waals surface area (Å²) < 4.78 is 18.0. The van der Waals surface area contributed by atoms with Gasteiger partial charge >= 0.3 is 0 Å². The first-order valence-electron chi connectivity index (χ1n) is 6.40. The molecule has 20 heavy (non-hydrogen) atoms. The quantitative estimate of drug-likeness (QED) is 0.850. The molecule has 1 aliphatic carbocycles. The predicted octanol–water partition coefficient (Wildman–Crippen LogP) is 2.97. The zero-order chi connectivity index (χ0) is 14.1. The van der Waals surface area contributed by atoms with Crippen LogP contribution in [0.2, 0.25) is 5.02 Å². The normalized spacial score (nSPS) is 14.5. The first-order valence-corrected chi connectivity index (χ1v) is 6.77. The summed E-state index contributed by atoms with van der Waals surface area (Å²) >= 11 is 5.94. The maximum absolute atomic E-state index is 12.9. The number of Topliss-reactive ketones (excluding diaryl/α,β-unsaturated/α-hetero) is 1. The summed E-state index contributed by atoms with van der Waals surface area (Å²) in [5.41, 5.74) is 0.717. The van der Waals surface area contributed by atoms with Crippen molar-refractivity contribution in [1.29, 1.82) is 0 Å². The number of ketones is 1.